The first-order valence-electron chi connectivity index (χ1n) is 13.9. The molecule has 0 radical (unpaired) electrons. The van der Waals surface area contributed by atoms with E-state index < -0.39 is 21.8 Å². The number of ether oxygens (including phenoxy) is 1. The molecule has 5 N–H and O–H groups in total. The van der Waals surface area contributed by atoms with Crippen molar-refractivity contribution in [3.8, 4) is 17.1 Å². The Labute approximate surface area is 269 Å². The number of hydrogen-bond acceptors (Lipinski definition) is 9. The number of amides is 2. The molecule has 238 valence electrons. The number of aryl methyl sites for hydroxylation is 1. The molecule has 5 aromatic rings. The van der Waals surface area contributed by atoms with E-state index in [0.717, 1.165) is 16.7 Å². The first-order valence-corrected chi connectivity index (χ1v) is 15.7. The Kier molecular flexibility index (Phi) is 9.41. The number of carbonyl (C=O) groups excluding carboxylic acids is 2. The first kappa shape index (κ1) is 32.2. The van der Waals surface area contributed by atoms with E-state index >= 15 is 0 Å². The Morgan fingerprint density at radius 1 is 1.00 bits per heavy atom. The van der Waals surface area contributed by atoms with Gasteiger partial charge in [-0.2, -0.15) is 0 Å². The van der Waals surface area contributed by atoms with Crippen molar-refractivity contribution in [3.05, 3.63) is 89.1 Å². The minimum atomic E-state index is -4.01. The summed E-state index contributed by atoms with van der Waals surface area (Å²) in [4.78, 5) is 38.4. The van der Waals surface area contributed by atoms with Gasteiger partial charge in [0.25, 0.3) is 15.9 Å². The number of nitrogens with zero attached hydrogens (tertiary/aromatic N) is 3. The topological polar surface area (TPSA) is 179 Å². The van der Waals surface area contributed by atoms with Crippen LogP contribution < -0.4 is 25.2 Å². The van der Waals surface area contributed by atoms with Crippen molar-refractivity contribution >= 4 is 61.7 Å². The van der Waals surface area contributed by atoms with E-state index in [4.69, 9.17) is 21.5 Å². The highest BCUT2D eigenvalue weighted by Crippen LogP contribution is 2.31. The highest BCUT2D eigenvalue weighted by molar-refractivity contribution is 7.92. The van der Waals surface area contributed by atoms with Crippen molar-refractivity contribution in [2.24, 2.45) is 0 Å². The summed E-state index contributed by atoms with van der Waals surface area (Å²) >= 11 is 6.50. The summed E-state index contributed by atoms with van der Waals surface area (Å²) in [6, 6.07) is 19.4. The number of H-pyrrole nitrogens is 1. The molecule has 15 heteroatoms. The van der Waals surface area contributed by atoms with Crippen LogP contribution in [0.15, 0.2) is 77.7 Å². The number of imidazole rings is 1. The molecule has 46 heavy (non-hydrogen) atoms. The fourth-order valence-electron chi connectivity index (χ4n) is 4.47. The number of aromatic nitrogens is 3. The van der Waals surface area contributed by atoms with Crippen LogP contribution in [0.5, 0.6) is 5.75 Å². The highest BCUT2D eigenvalue weighted by Gasteiger charge is 2.18. The zero-order valence-electron chi connectivity index (χ0n) is 25.0. The summed E-state index contributed by atoms with van der Waals surface area (Å²) in [6.07, 6.45) is -0.0709. The predicted octanol–water partition coefficient (Wildman–Crippen LogP) is 4.98. The Bertz CT molecular complexity index is 2030. The van der Waals surface area contributed by atoms with Gasteiger partial charge in [-0.15, -0.1) is 0 Å². The quantitative estimate of drug-likeness (QED) is 0.0963. The zero-order chi connectivity index (χ0) is 33.0. The van der Waals surface area contributed by atoms with Crippen molar-refractivity contribution in [2.75, 3.05) is 35.6 Å². The average molecular weight is 664 g/mol. The summed E-state index contributed by atoms with van der Waals surface area (Å²) in [7, 11) is -0.0978. The van der Waals surface area contributed by atoms with Crippen molar-refractivity contribution in [3.63, 3.8) is 0 Å². The molecule has 5 rings (SSSR count). The fourth-order valence-corrected chi connectivity index (χ4v) is 5.68. The summed E-state index contributed by atoms with van der Waals surface area (Å²) in [6.45, 7) is 1.60. The summed E-state index contributed by atoms with van der Waals surface area (Å²) < 4.78 is 33.6. The standard InChI is InChI=1S/C31H30ClN7O6S/c1-18-23(10-13-28(33-18)38-46(43,44)22-8-6-21(7-9-22)45-15-14-29(40)37-42)31(41)34-19-4-11-25(32)24(16-19)30-35-26-12-5-20(39(2)3)17-27(26)36-30/h4-13,16-17,42H,14-15H2,1-3H3,(H,33,38)(H,34,41)(H,35,36)(H,37,40). The fraction of sp³-hybridized carbons (Fsp3) is 0.161. The molecule has 0 aliphatic heterocycles. The van der Waals surface area contributed by atoms with Gasteiger partial charge in [-0.3, -0.25) is 19.5 Å². The van der Waals surface area contributed by atoms with Crippen LogP contribution in [0.25, 0.3) is 22.4 Å². The van der Waals surface area contributed by atoms with Crippen LogP contribution in [-0.4, -0.2) is 61.1 Å². The number of rotatable bonds is 11. The third-order valence-corrected chi connectivity index (χ3v) is 8.59. The average Bonchev–Trinajstić information content (AvgIpc) is 3.45. The number of benzene rings is 3. The first-order chi connectivity index (χ1) is 21.9. The van der Waals surface area contributed by atoms with Crippen molar-refractivity contribution in [1.29, 1.82) is 0 Å². The number of halogens is 1. The van der Waals surface area contributed by atoms with Gasteiger partial charge in [0.15, 0.2) is 0 Å². The van der Waals surface area contributed by atoms with Crippen LogP contribution in [0.2, 0.25) is 5.02 Å². The SMILES string of the molecule is Cc1nc(NS(=O)(=O)c2ccc(OCCC(=O)NO)cc2)ccc1C(=O)Nc1ccc(Cl)c(-c2nc3ccc(N(C)C)cc3[nH]2)c1. The van der Waals surface area contributed by atoms with E-state index in [1.807, 2.05) is 37.2 Å². The molecule has 13 nitrogen and oxygen atoms in total. The van der Waals surface area contributed by atoms with Gasteiger partial charge in [-0.05, 0) is 79.7 Å². The third kappa shape index (κ3) is 7.37. The van der Waals surface area contributed by atoms with Crippen molar-refractivity contribution in [2.45, 2.75) is 18.2 Å². The molecular weight excluding hydrogens is 634 g/mol. The minimum Gasteiger partial charge on any atom is -0.493 e. The lowest BCUT2D eigenvalue weighted by Crippen LogP contribution is -2.20. The van der Waals surface area contributed by atoms with Crippen molar-refractivity contribution in [1.82, 2.24) is 20.4 Å². The third-order valence-electron chi connectivity index (χ3n) is 6.89. The van der Waals surface area contributed by atoms with Crippen LogP contribution in [0.4, 0.5) is 17.2 Å². The van der Waals surface area contributed by atoms with Gasteiger partial charge in [0.2, 0.25) is 5.91 Å². The van der Waals surface area contributed by atoms with Crippen LogP contribution in [0.3, 0.4) is 0 Å². The lowest BCUT2D eigenvalue weighted by atomic mass is 10.1. The lowest BCUT2D eigenvalue weighted by Gasteiger charge is -2.12. The molecule has 0 unspecified atom stereocenters. The maximum atomic E-state index is 13.2. The molecule has 2 amide bonds. The maximum absolute atomic E-state index is 13.2. The molecule has 0 fully saturated rings. The van der Waals surface area contributed by atoms with E-state index in [0.29, 0.717) is 33.5 Å². The lowest BCUT2D eigenvalue weighted by molar-refractivity contribution is -0.129. The van der Waals surface area contributed by atoms with E-state index in [1.54, 1.807) is 25.1 Å². The largest absolute Gasteiger partial charge is 0.493 e. The number of nitrogens with one attached hydrogen (secondary N) is 4. The Morgan fingerprint density at radius 3 is 2.46 bits per heavy atom. The van der Waals surface area contributed by atoms with Crippen molar-refractivity contribution < 1.29 is 28.0 Å². The zero-order valence-corrected chi connectivity index (χ0v) is 26.5. The van der Waals surface area contributed by atoms with E-state index in [2.05, 4.69) is 25.0 Å². The number of hydroxylamine groups is 1. The number of hydrogen-bond donors (Lipinski definition) is 5. The molecule has 3 aromatic carbocycles. The van der Waals surface area contributed by atoms with E-state index in [-0.39, 0.29) is 29.3 Å². The second kappa shape index (κ2) is 13.4. The molecule has 0 bridgehead atoms. The van der Waals surface area contributed by atoms with Crippen LogP contribution >= 0.6 is 11.6 Å². The Morgan fingerprint density at radius 2 is 1.76 bits per heavy atom. The molecule has 0 spiro atoms. The predicted molar refractivity (Wildman–Crippen MR) is 175 cm³/mol. The highest BCUT2D eigenvalue weighted by atomic mass is 35.5. The molecule has 0 saturated heterocycles. The molecule has 0 aliphatic rings. The molecule has 2 aromatic heterocycles. The molecule has 0 aliphatic carbocycles. The van der Waals surface area contributed by atoms with Gasteiger partial charge in [0, 0.05) is 31.0 Å². The van der Waals surface area contributed by atoms with Crippen LogP contribution in [-0.2, 0) is 14.8 Å². The van der Waals surface area contributed by atoms with Gasteiger partial charge in [-0.1, -0.05) is 11.6 Å². The smallest absolute Gasteiger partial charge is 0.263 e. The van der Waals surface area contributed by atoms with Gasteiger partial charge >= 0.3 is 0 Å². The second-order valence-electron chi connectivity index (χ2n) is 10.4. The van der Waals surface area contributed by atoms with Gasteiger partial charge in [0.05, 0.1) is 45.2 Å². The van der Waals surface area contributed by atoms with E-state index in [1.165, 1.54) is 41.9 Å². The maximum Gasteiger partial charge on any atom is 0.263 e. The second-order valence-corrected chi connectivity index (χ2v) is 12.5. The monoisotopic (exact) mass is 663 g/mol. The number of pyridine rings is 1. The molecule has 0 atom stereocenters. The van der Waals surface area contributed by atoms with Gasteiger partial charge in [-0.25, -0.2) is 23.9 Å². The normalized spacial score (nSPS) is 11.2. The number of fused-ring (bicyclic) bond motifs is 1. The molecular formula is C31H30ClN7O6S. The van der Waals surface area contributed by atoms with Crippen LogP contribution in [0.1, 0.15) is 22.5 Å². The molecule has 2 heterocycles. The number of sulfonamides is 1. The summed E-state index contributed by atoms with van der Waals surface area (Å²) in [5.74, 6) is -0.124. The summed E-state index contributed by atoms with van der Waals surface area (Å²) in [5.41, 5.74) is 5.77. The number of anilines is 3. The van der Waals surface area contributed by atoms with Crippen LogP contribution in [0, 0.1) is 6.92 Å². The number of aromatic amines is 1. The minimum absolute atomic E-state index is 0.00166. The number of carbonyl (C=O) groups is 2. The molecule has 0 saturated carbocycles. The van der Waals surface area contributed by atoms with E-state index in [9.17, 15) is 18.0 Å². The summed E-state index contributed by atoms with van der Waals surface area (Å²) in [5, 5.41) is 11.8. The van der Waals surface area contributed by atoms with Gasteiger partial charge in [0.1, 0.15) is 17.4 Å². The van der Waals surface area contributed by atoms with Gasteiger partial charge < -0.3 is 19.9 Å². The Balaban J connectivity index is 1.26. The Hall–Kier alpha value is -5.18.